The van der Waals surface area contributed by atoms with E-state index < -0.39 is 17.4 Å². The summed E-state index contributed by atoms with van der Waals surface area (Å²) in [6.45, 7) is 5.50. The summed E-state index contributed by atoms with van der Waals surface area (Å²) in [6.07, 6.45) is 4.07. The lowest BCUT2D eigenvalue weighted by Crippen LogP contribution is -2.41. The third-order valence-electron chi connectivity index (χ3n) is 2.76. The van der Waals surface area contributed by atoms with E-state index in [0.29, 0.717) is 5.69 Å². The molecular weight excluding hydrogens is 286 g/mol. The average Bonchev–Trinajstić information content (AvgIpc) is 2.94. The molecule has 2 aromatic rings. The van der Waals surface area contributed by atoms with Crippen LogP contribution in [-0.2, 0) is 0 Å². The number of carbonyl (C=O) groups excluding carboxylic acids is 2. The van der Waals surface area contributed by atoms with Gasteiger partial charge >= 0.3 is 0 Å². The highest BCUT2D eigenvalue weighted by molar-refractivity contribution is 6.11. The Morgan fingerprint density at radius 3 is 2.59 bits per heavy atom. The third-order valence-corrected chi connectivity index (χ3v) is 2.76. The molecule has 0 saturated carbocycles. The van der Waals surface area contributed by atoms with Crippen molar-refractivity contribution in [3.05, 3.63) is 36.0 Å². The van der Waals surface area contributed by atoms with Crippen molar-refractivity contribution >= 4 is 17.5 Å². The van der Waals surface area contributed by atoms with E-state index in [0.717, 1.165) is 6.26 Å². The molecule has 0 aliphatic heterocycles. The largest absolute Gasteiger partial charge is 0.363 e. The van der Waals surface area contributed by atoms with E-state index in [9.17, 15) is 9.59 Å². The molecule has 2 amide bonds. The van der Waals surface area contributed by atoms with Crippen molar-refractivity contribution < 1.29 is 14.1 Å². The zero-order valence-electron chi connectivity index (χ0n) is 12.8. The second kappa shape index (κ2) is 5.92. The lowest BCUT2D eigenvalue weighted by atomic mass is 10.1. The van der Waals surface area contributed by atoms with E-state index in [4.69, 9.17) is 4.52 Å². The number of hydrogen-bond acceptors (Lipinski definition) is 6. The van der Waals surface area contributed by atoms with Gasteiger partial charge in [0.05, 0.1) is 18.1 Å². The fourth-order valence-electron chi connectivity index (χ4n) is 1.73. The van der Waals surface area contributed by atoms with Crippen molar-refractivity contribution in [2.24, 2.45) is 0 Å². The molecule has 0 fully saturated rings. The van der Waals surface area contributed by atoms with E-state index in [-0.39, 0.29) is 11.3 Å². The first-order chi connectivity index (χ1) is 10.3. The third kappa shape index (κ3) is 3.46. The summed E-state index contributed by atoms with van der Waals surface area (Å²) in [6, 6.07) is 1.63. The maximum atomic E-state index is 12.5. The normalized spacial score (nSPS) is 11.1. The molecule has 1 N–H and O–H groups in total. The van der Waals surface area contributed by atoms with Crippen LogP contribution in [0.25, 0.3) is 0 Å². The Bertz CT molecular complexity index is 675. The Morgan fingerprint density at radius 1 is 1.27 bits per heavy atom. The van der Waals surface area contributed by atoms with Crippen molar-refractivity contribution in [1.82, 2.24) is 20.7 Å². The summed E-state index contributed by atoms with van der Waals surface area (Å²) in [5, 5.41) is 13.7. The SMILES string of the molecule is CN(C(=O)c1conc1C(=O)NC(C)(C)C)c1ccnnc1. The highest BCUT2D eigenvalue weighted by Gasteiger charge is 2.27. The number of nitrogens with zero attached hydrogens (tertiary/aromatic N) is 4. The van der Waals surface area contributed by atoms with Crippen LogP contribution in [0.4, 0.5) is 5.69 Å². The van der Waals surface area contributed by atoms with Crippen LogP contribution in [-0.4, -0.2) is 39.8 Å². The summed E-state index contributed by atoms with van der Waals surface area (Å²) in [7, 11) is 1.57. The molecule has 0 unspecified atom stereocenters. The molecular formula is C14H17N5O3. The van der Waals surface area contributed by atoms with E-state index >= 15 is 0 Å². The quantitative estimate of drug-likeness (QED) is 0.916. The topological polar surface area (TPSA) is 101 Å². The number of nitrogens with one attached hydrogen (secondary N) is 1. The molecule has 0 saturated heterocycles. The molecule has 0 aliphatic rings. The zero-order valence-corrected chi connectivity index (χ0v) is 12.8. The molecule has 22 heavy (non-hydrogen) atoms. The molecule has 0 spiro atoms. The van der Waals surface area contributed by atoms with Gasteiger partial charge in [0.25, 0.3) is 11.8 Å². The number of rotatable bonds is 3. The first-order valence-electron chi connectivity index (χ1n) is 6.61. The van der Waals surface area contributed by atoms with Gasteiger partial charge in [-0.3, -0.25) is 9.59 Å². The Balaban J connectivity index is 2.25. The van der Waals surface area contributed by atoms with Gasteiger partial charge in [-0.15, -0.1) is 0 Å². The number of carbonyl (C=O) groups is 2. The molecule has 0 radical (unpaired) electrons. The Hall–Kier alpha value is -2.77. The minimum atomic E-state index is -0.467. The maximum Gasteiger partial charge on any atom is 0.274 e. The van der Waals surface area contributed by atoms with Gasteiger partial charge in [0.15, 0.2) is 5.69 Å². The van der Waals surface area contributed by atoms with Gasteiger partial charge in [-0.25, -0.2) is 0 Å². The molecule has 8 heteroatoms. The van der Waals surface area contributed by atoms with E-state index in [1.54, 1.807) is 13.1 Å². The second-order valence-electron chi connectivity index (χ2n) is 5.75. The molecule has 2 rings (SSSR count). The lowest BCUT2D eigenvalue weighted by Gasteiger charge is -2.20. The smallest absolute Gasteiger partial charge is 0.274 e. The van der Waals surface area contributed by atoms with E-state index in [1.165, 1.54) is 17.3 Å². The minimum Gasteiger partial charge on any atom is -0.363 e. The fourth-order valence-corrected chi connectivity index (χ4v) is 1.73. The Labute approximate surface area is 127 Å². The number of anilines is 1. The molecule has 2 heterocycles. The van der Waals surface area contributed by atoms with Gasteiger partial charge in [-0.1, -0.05) is 5.16 Å². The number of aromatic nitrogens is 3. The molecule has 116 valence electrons. The van der Waals surface area contributed by atoms with Gasteiger partial charge in [0.1, 0.15) is 11.8 Å². The minimum absolute atomic E-state index is 0.0474. The summed E-state index contributed by atoms with van der Waals surface area (Å²) in [4.78, 5) is 26.0. The van der Waals surface area contributed by atoms with Gasteiger partial charge in [-0.2, -0.15) is 10.2 Å². The van der Waals surface area contributed by atoms with Crippen LogP contribution in [0.5, 0.6) is 0 Å². The van der Waals surface area contributed by atoms with Crippen molar-refractivity contribution in [2.75, 3.05) is 11.9 Å². The zero-order chi connectivity index (χ0) is 16.3. The highest BCUT2D eigenvalue weighted by Crippen LogP contribution is 2.16. The number of amides is 2. The Morgan fingerprint density at radius 2 is 2.00 bits per heavy atom. The second-order valence-corrected chi connectivity index (χ2v) is 5.75. The summed E-state index contributed by atoms with van der Waals surface area (Å²) >= 11 is 0. The predicted octanol–water partition coefficient (Wildman–Crippen LogP) is 1.27. The molecule has 2 aromatic heterocycles. The van der Waals surface area contributed by atoms with Crippen LogP contribution in [0.3, 0.4) is 0 Å². The number of hydrogen-bond donors (Lipinski definition) is 1. The first kappa shape index (κ1) is 15.6. The summed E-state index contributed by atoms with van der Waals surface area (Å²) in [5.74, 6) is -0.890. The van der Waals surface area contributed by atoms with Crippen LogP contribution in [0.1, 0.15) is 41.6 Å². The molecule has 0 aliphatic carbocycles. The average molecular weight is 303 g/mol. The summed E-state index contributed by atoms with van der Waals surface area (Å²) in [5.41, 5.74) is 0.135. The molecule has 0 atom stereocenters. The summed E-state index contributed by atoms with van der Waals surface area (Å²) < 4.78 is 4.80. The molecule has 0 aromatic carbocycles. The van der Waals surface area contributed by atoms with Crippen molar-refractivity contribution in [2.45, 2.75) is 26.3 Å². The highest BCUT2D eigenvalue weighted by atomic mass is 16.5. The van der Waals surface area contributed by atoms with Crippen molar-refractivity contribution in [1.29, 1.82) is 0 Å². The van der Waals surface area contributed by atoms with Gasteiger partial charge < -0.3 is 14.7 Å². The van der Waals surface area contributed by atoms with E-state index in [2.05, 4.69) is 20.7 Å². The maximum absolute atomic E-state index is 12.5. The van der Waals surface area contributed by atoms with Crippen molar-refractivity contribution in [3.63, 3.8) is 0 Å². The van der Waals surface area contributed by atoms with Crippen LogP contribution in [0, 0.1) is 0 Å². The lowest BCUT2D eigenvalue weighted by molar-refractivity contribution is 0.0899. The standard InChI is InChI=1S/C14H17N5O3/c1-14(2,3)17-12(20)11-10(8-22-18-11)13(21)19(4)9-5-6-15-16-7-9/h5-8H,1-4H3,(H,17,20). The van der Waals surface area contributed by atoms with Crippen LogP contribution in [0.15, 0.2) is 29.2 Å². The molecule has 8 nitrogen and oxygen atoms in total. The van der Waals surface area contributed by atoms with Crippen LogP contribution < -0.4 is 10.2 Å². The first-order valence-corrected chi connectivity index (χ1v) is 6.61. The monoisotopic (exact) mass is 303 g/mol. The van der Waals surface area contributed by atoms with Crippen LogP contribution in [0.2, 0.25) is 0 Å². The van der Waals surface area contributed by atoms with Crippen LogP contribution >= 0.6 is 0 Å². The van der Waals surface area contributed by atoms with Crippen molar-refractivity contribution in [3.8, 4) is 0 Å². The van der Waals surface area contributed by atoms with Gasteiger partial charge in [0, 0.05) is 12.6 Å². The van der Waals surface area contributed by atoms with Gasteiger partial charge in [-0.05, 0) is 26.8 Å². The van der Waals surface area contributed by atoms with E-state index in [1.807, 2.05) is 20.8 Å². The molecule has 0 bridgehead atoms. The predicted molar refractivity (Wildman–Crippen MR) is 78.5 cm³/mol. The Kier molecular flexibility index (Phi) is 4.20. The van der Waals surface area contributed by atoms with Gasteiger partial charge in [0.2, 0.25) is 0 Å². The fraction of sp³-hybridized carbons (Fsp3) is 0.357.